The van der Waals surface area contributed by atoms with Gasteiger partial charge in [0.25, 0.3) is 0 Å². The molecule has 0 unspecified atom stereocenters. The van der Waals surface area contributed by atoms with Gasteiger partial charge in [-0.2, -0.15) is 0 Å². The predicted octanol–water partition coefficient (Wildman–Crippen LogP) is 1.72. The monoisotopic (exact) mass is 235 g/mol. The number of nitrogens with zero attached hydrogens (tertiary/aromatic N) is 2. The lowest BCUT2D eigenvalue weighted by Crippen LogP contribution is -2.26. The van der Waals surface area contributed by atoms with Gasteiger partial charge in [0.2, 0.25) is 0 Å². The van der Waals surface area contributed by atoms with E-state index in [4.69, 9.17) is 10.5 Å². The Hall–Kier alpha value is -1.13. The third-order valence-electron chi connectivity index (χ3n) is 3.18. The van der Waals surface area contributed by atoms with Crippen LogP contribution in [0.5, 0.6) is 0 Å². The molecule has 0 amide bonds. The Morgan fingerprint density at radius 2 is 2.29 bits per heavy atom. The van der Waals surface area contributed by atoms with Gasteiger partial charge in [-0.1, -0.05) is 6.92 Å². The third-order valence-corrected chi connectivity index (χ3v) is 3.18. The molecule has 0 aliphatic carbocycles. The van der Waals surface area contributed by atoms with Gasteiger partial charge in [0.1, 0.15) is 0 Å². The minimum Gasteiger partial charge on any atom is -0.380 e. The lowest BCUT2D eigenvalue weighted by Gasteiger charge is -2.22. The van der Waals surface area contributed by atoms with Gasteiger partial charge in [-0.25, -0.2) is 0 Å². The Balaban J connectivity index is 2.05. The van der Waals surface area contributed by atoms with E-state index in [1.165, 1.54) is 5.69 Å². The fourth-order valence-corrected chi connectivity index (χ4v) is 2.02. The van der Waals surface area contributed by atoms with Gasteiger partial charge in [0.15, 0.2) is 0 Å². The van der Waals surface area contributed by atoms with Crippen molar-refractivity contribution >= 4 is 5.69 Å². The van der Waals surface area contributed by atoms with Crippen molar-refractivity contribution in [2.24, 2.45) is 5.73 Å². The molecule has 2 N–H and O–H groups in total. The topological polar surface area (TPSA) is 51.4 Å². The quantitative estimate of drug-likeness (QED) is 0.866. The van der Waals surface area contributed by atoms with Crippen molar-refractivity contribution < 1.29 is 4.74 Å². The largest absolute Gasteiger partial charge is 0.380 e. The summed E-state index contributed by atoms with van der Waals surface area (Å²) in [6.45, 7) is 5.73. The van der Waals surface area contributed by atoms with Crippen LogP contribution in [-0.2, 0) is 4.74 Å². The first-order valence-corrected chi connectivity index (χ1v) is 6.35. The van der Waals surface area contributed by atoms with Crippen LogP contribution in [0.15, 0.2) is 18.3 Å². The van der Waals surface area contributed by atoms with Gasteiger partial charge >= 0.3 is 0 Å². The number of hydrogen-bond acceptors (Lipinski definition) is 4. The highest BCUT2D eigenvalue weighted by Crippen LogP contribution is 2.18. The van der Waals surface area contributed by atoms with Gasteiger partial charge in [0.05, 0.1) is 24.2 Å². The molecule has 0 bridgehead atoms. The molecule has 1 aliphatic heterocycles. The smallest absolute Gasteiger partial charge is 0.0641 e. The molecule has 0 radical (unpaired) electrons. The SMILES string of the molecule is CC[C@H](N)c1ccc(N2CCCOCC2)cn1. The van der Waals surface area contributed by atoms with Crippen molar-refractivity contribution in [3.05, 3.63) is 24.0 Å². The summed E-state index contributed by atoms with van der Waals surface area (Å²) in [7, 11) is 0. The molecular weight excluding hydrogens is 214 g/mol. The molecule has 0 aromatic carbocycles. The molecule has 1 saturated heterocycles. The fraction of sp³-hybridized carbons (Fsp3) is 0.615. The molecular formula is C13H21N3O. The number of rotatable bonds is 3. The molecule has 2 heterocycles. The molecule has 0 saturated carbocycles. The summed E-state index contributed by atoms with van der Waals surface area (Å²) in [5, 5.41) is 0. The maximum absolute atomic E-state index is 5.95. The summed E-state index contributed by atoms with van der Waals surface area (Å²) >= 11 is 0. The number of anilines is 1. The standard InChI is InChI=1S/C13H21N3O/c1-2-12(14)13-5-4-11(10-15-13)16-6-3-8-17-9-7-16/h4-5,10,12H,2-3,6-9,14H2,1H3/t12-/m0/s1. The van der Waals surface area contributed by atoms with Crippen molar-refractivity contribution in [3.63, 3.8) is 0 Å². The van der Waals surface area contributed by atoms with Gasteiger partial charge in [-0.05, 0) is 25.0 Å². The summed E-state index contributed by atoms with van der Waals surface area (Å²) in [6.07, 6.45) is 3.93. The molecule has 1 fully saturated rings. The van der Waals surface area contributed by atoms with Crippen LogP contribution in [0.2, 0.25) is 0 Å². The molecule has 2 rings (SSSR count). The number of aromatic nitrogens is 1. The Morgan fingerprint density at radius 1 is 1.41 bits per heavy atom. The summed E-state index contributed by atoms with van der Waals surface area (Å²) in [6, 6.07) is 4.20. The first-order valence-electron chi connectivity index (χ1n) is 6.35. The summed E-state index contributed by atoms with van der Waals surface area (Å²) in [5.41, 5.74) is 8.10. The molecule has 0 spiro atoms. The normalized spacial score (nSPS) is 18.8. The van der Waals surface area contributed by atoms with Crippen molar-refractivity contribution in [1.82, 2.24) is 4.98 Å². The zero-order valence-corrected chi connectivity index (χ0v) is 10.4. The van der Waals surface area contributed by atoms with Crippen LogP contribution in [-0.4, -0.2) is 31.3 Å². The average Bonchev–Trinajstić information content (AvgIpc) is 2.67. The lowest BCUT2D eigenvalue weighted by molar-refractivity contribution is 0.152. The summed E-state index contributed by atoms with van der Waals surface area (Å²) in [5.74, 6) is 0. The van der Waals surface area contributed by atoms with Crippen LogP contribution in [0.1, 0.15) is 31.5 Å². The number of ether oxygens (including phenoxy) is 1. The molecule has 17 heavy (non-hydrogen) atoms. The van der Waals surface area contributed by atoms with Crippen molar-refractivity contribution in [2.45, 2.75) is 25.8 Å². The van der Waals surface area contributed by atoms with Gasteiger partial charge in [-0.15, -0.1) is 0 Å². The van der Waals surface area contributed by atoms with E-state index in [9.17, 15) is 0 Å². The minimum atomic E-state index is 0.0523. The van der Waals surface area contributed by atoms with Crippen LogP contribution >= 0.6 is 0 Å². The van der Waals surface area contributed by atoms with E-state index >= 15 is 0 Å². The van der Waals surface area contributed by atoms with E-state index in [1.807, 2.05) is 12.3 Å². The maximum atomic E-state index is 5.95. The second kappa shape index (κ2) is 5.98. The molecule has 4 nitrogen and oxygen atoms in total. The second-order valence-corrected chi connectivity index (χ2v) is 4.41. The minimum absolute atomic E-state index is 0.0523. The van der Waals surface area contributed by atoms with Gasteiger partial charge in [0, 0.05) is 25.7 Å². The first-order chi connectivity index (χ1) is 8.31. The van der Waals surface area contributed by atoms with E-state index in [0.717, 1.165) is 44.8 Å². The number of nitrogens with two attached hydrogens (primary N) is 1. The summed E-state index contributed by atoms with van der Waals surface area (Å²) in [4.78, 5) is 6.77. The zero-order chi connectivity index (χ0) is 12.1. The molecule has 1 aliphatic rings. The summed E-state index contributed by atoms with van der Waals surface area (Å²) < 4.78 is 5.44. The fourth-order valence-electron chi connectivity index (χ4n) is 2.02. The average molecular weight is 235 g/mol. The van der Waals surface area contributed by atoms with E-state index in [0.29, 0.717) is 0 Å². The first kappa shape index (κ1) is 12.3. The highest BCUT2D eigenvalue weighted by Gasteiger charge is 2.11. The van der Waals surface area contributed by atoms with E-state index in [-0.39, 0.29) is 6.04 Å². The predicted molar refractivity (Wildman–Crippen MR) is 69.1 cm³/mol. The molecule has 1 aromatic heterocycles. The highest BCUT2D eigenvalue weighted by molar-refractivity contribution is 5.44. The van der Waals surface area contributed by atoms with Gasteiger partial charge < -0.3 is 15.4 Å². The number of pyridine rings is 1. The van der Waals surface area contributed by atoms with Crippen molar-refractivity contribution in [3.8, 4) is 0 Å². The molecule has 4 heteroatoms. The van der Waals surface area contributed by atoms with Crippen LogP contribution in [0, 0.1) is 0 Å². The maximum Gasteiger partial charge on any atom is 0.0641 e. The Labute approximate surface area is 103 Å². The Kier molecular flexibility index (Phi) is 4.34. The van der Waals surface area contributed by atoms with Crippen molar-refractivity contribution in [1.29, 1.82) is 0 Å². The van der Waals surface area contributed by atoms with E-state index in [2.05, 4.69) is 22.9 Å². The highest BCUT2D eigenvalue weighted by atomic mass is 16.5. The number of hydrogen-bond donors (Lipinski definition) is 1. The molecule has 1 atom stereocenters. The van der Waals surface area contributed by atoms with Crippen LogP contribution in [0.25, 0.3) is 0 Å². The van der Waals surface area contributed by atoms with Crippen LogP contribution in [0.4, 0.5) is 5.69 Å². The lowest BCUT2D eigenvalue weighted by atomic mass is 10.1. The van der Waals surface area contributed by atoms with Crippen LogP contribution in [0.3, 0.4) is 0 Å². The van der Waals surface area contributed by atoms with Crippen LogP contribution < -0.4 is 10.6 Å². The molecule has 94 valence electrons. The van der Waals surface area contributed by atoms with E-state index < -0.39 is 0 Å². The Morgan fingerprint density at radius 3 is 3.00 bits per heavy atom. The van der Waals surface area contributed by atoms with E-state index in [1.54, 1.807) is 0 Å². The Bertz CT molecular complexity index is 331. The zero-order valence-electron chi connectivity index (χ0n) is 10.4. The molecule has 1 aromatic rings. The van der Waals surface area contributed by atoms with Crippen molar-refractivity contribution in [2.75, 3.05) is 31.2 Å². The second-order valence-electron chi connectivity index (χ2n) is 4.41. The van der Waals surface area contributed by atoms with Gasteiger partial charge in [-0.3, -0.25) is 4.98 Å². The third kappa shape index (κ3) is 3.17.